The maximum Gasteiger partial charge on any atom is 0.239 e. The highest BCUT2D eigenvalue weighted by Crippen LogP contribution is 2.46. The minimum absolute atomic E-state index is 0.104. The first-order valence-electron chi connectivity index (χ1n) is 9.07. The van der Waals surface area contributed by atoms with E-state index < -0.39 is 0 Å². The Morgan fingerprint density at radius 3 is 2.43 bits per heavy atom. The number of carbonyl (C=O) groups is 1. The van der Waals surface area contributed by atoms with E-state index >= 15 is 0 Å². The van der Waals surface area contributed by atoms with Crippen molar-refractivity contribution in [2.45, 2.75) is 57.0 Å². The molecule has 21 heavy (non-hydrogen) atoms. The molecule has 2 heterocycles. The van der Waals surface area contributed by atoms with Crippen LogP contribution in [0, 0.1) is 11.8 Å². The van der Waals surface area contributed by atoms with Crippen LogP contribution in [0.1, 0.15) is 44.9 Å². The highest BCUT2D eigenvalue weighted by molar-refractivity contribution is 5.82. The number of piperazine rings is 1. The van der Waals surface area contributed by atoms with Gasteiger partial charge in [0.1, 0.15) is 0 Å². The first kappa shape index (κ1) is 14.0. The highest BCUT2D eigenvalue weighted by Gasteiger charge is 2.43. The molecule has 0 aromatic carbocycles. The molecule has 3 unspecified atom stereocenters. The summed E-state index contributed by atoms with van der Waals surface area (Å²) in [6.07, 6.45) is 9.31. The lowest BCUT2D eigenvalue weighted by atomic mass is 9.93. The summed E-state index contributed by atoms with van der Waals surface area (Å²) in [4.78, 5) is 17.4. The van der Waals surface area contributed by atoms with Gasteiger partial charge >= 0.3 is 0 Å². The van der Waals surface area contributed by atoms with E-state index in [0.29, 0.717) is 5.91 Å². The molecule has 0 aromatic rings. The monoisotopic (exact) mass is 291 g/mol. The first-order chi connectivity index (χ1) is 10.3. The topological polar surface area (TPSA) is 35.6 Å². The van der Waals surface area contributed by atoms with Crippen LogP contribution in [0.15, 0.2) is 0 Å². The van der Waals surface area contributed by atoms with Crippen LogP contribution in [0.3, 0.4) is 0 Å². The molecule has 2 saturated heterocycles. The van der Waals surface area contributed by atoms with E-state index in [9.17, 15) is 4.79 Å². The minimum atomic E-state index is 0.104. The summed E-state index contributed by atoms with van der Waals surface area (Å²) < 4.78 is 0. The number of amides is 1. The van der Waals surface area contributed by atoms with E-state index in [1.807, 2.05) is 0 Å². The summed E-state index contributed by atoms with van der Waals surface area (Å²) in [5.74, 6) is 2.35. The third kappa shape index (κ3) is 2.72. The van der Waals surface area contributed by atoms with E-state index in [1.54, 1.807) is 0 Å². The number of piperidine rings is 1. The summed E-state index contributed by atoms with van der Waals surface area (Å²) in [7, 11) is 0. The van der Waals surface area contributed by atoms with Crippen molar-refractivity contribution in [1.29, 1.82) is 0 Å². The molecule has 0 aromatic heterocycles. The fourth-order valence-electron chi connectivity index (χ4n) is 5.22. The Hall–Kier alpha value is -0.610. The number of fused-ring (bicyclic) bond motifs is 2. The Balaban J connectivity index is 1.29. The van der Waals surface area contributed by atoms with E-state index in [4.69, 9.17) is 0 Å². The van der Waals surface area contributed by atoms with Gasteiger partial charge in [-0.1, -0.05) is 12.8 Å². The number of rotatable bonds is 2. The smallest absolute Gasteiger partial charge is 0.239 e. The molecule has 2 saturated carbocycles. The summed E-state index contributed by atoms with van der Waals surface area (Å²) in [5.41, 5.74) is 0. The summed E-state index contributed by atoms with van der Waals surface area (Å²) in [5, 5.41) is 3.40. The first-order valence-corrected chi connectivity index (χ1v) is 9.07. The van der Waals surface area contributed by atoms with Gasteiger partial charge < -0.3 is 10.2 Å². The zero-order valence-electron chi connectivity index (χ0n) is 13.1. The number of nitrogens with one attached hydrogen (secondary N) is 1. The predicted molar refractivity (Wildman–Crippen MR) is 83.0 cm³/mol. The third-order valence-corrected chi connectivity index (χ3v) is 6.40. The van der Waals surface area contributed by atoms with Gasteiger partial charge in [-0.05, 0) is 50.5 Å². The predicted octanol–water partition coefficient (Wildman–Crippen LogP) is 1.46. The average Bonchev–Trinajstić information content (AvgIpc) is 3.18. The second kappa shape index (κ2) is 5.88. The molecule has 4 nitrogen and oxygen atoms in total. The standard InChI is InChI=1S/C17H29N3O/c21-17(15-3-1-2-6-18-15)20-9-7-19(8-10-20)16-12-13-4-5-14(16)11-13/h13-16,18H,1-12H2/t13?,14?,15-,16?/m1/s1. The van der Waals surface area contributed by atoms with Gasteiger partial charge in [-0.25, -0.2) is 0 Å². The number of nitrogens with zero attached hydrogens (tertiary/aromatic N) is 2. The maximum atomic E-state index is 12.6. The molecule has 1 amide bonds. The van der Waals surface area contributed by atoms with Crippen molar-refractivity contribution < 1.29 is 4.79 Å². The van der Waals surface area contributed by atoms with Gasteiger partial charge in [-0.15, -0.1) is 0 Å². The van der Waals surface area contributed by atoms with Crippen molar-refractivity contribution in [3.8, 4) is 0 Å². The number of carbonyl (C=O) groups excluding carboxylic acids is 1. The molecule has 4 atom stereocenters. The molecular formula is C17H29N3O. The van der Waals surface area contributed by atoms with Gasteiger partial charge in [0.25, 0.3) is 0 Å². The van der Waals surface area contributed by atoms with Crippen LogP contribution in [0.5, 0.6) is 0 Å². The van der Waals surface area contributed by atoms with Crippen molar-refractivity contribution in [3.63, 3.8) is 0 Å². The van der Waals surface area contributed by atoms with Crippen LogP contribution in [-0.2, 0) is 4.79 Å². The fraction of sp³-hybridized carbons (Fsp3) is 0.941. The Morgan fingerprint density at radius 2 is 1.81 bits per heavy atom. The van der Waals surface area contributed by atoms with Gasteiger partial charge in [-0.3, -0.25) is 9.69 Å². The van der Waals surface area contributed by atoms with E-state index in [-0.39, 0.29) is 6.04 Å². The van der Waals surface area contributed by atoms with Gasteiger partial charge in [0.05, 0.1) is 6.04 Å². The molecule has 4 rings (SSSR count). The van der Waals surface area contributed by atoms with Crippen molar-refractivity contribution in [1.82, 2.24) is 15.1 Å². The largest absolute Gasteiger partial charge is 0.339 e. The van der Waals surface area contributed by atoms with E-state index in [0.717, 1.165) is 57.0 Å². The molecule has 2 bridgehead atoms. The van der Waals surface area contributed by atoms with Crippen LogP contribution in [0.4, 0.5) is 0 Å². The molecule has 118 valence electrons. The van der Waals surface area contributed by atoms with Gasteiger partial charge in [0, 0.05) is 32.2 Å². The van der Waals surface area contributed by atoms with Crippen molar-refractivity contribution >= 4 is 5.91 Å². The van der Waals surface area contributed by atoms with Gasteiger partial charge in [0.2, 0.25) is 5.91 Å². The second-order valence-corrected chi connectivity index (χ2v) is 7.61. The molecule has 2 aliphatic heterocycles. The number of hydrogen-bond acceptors (Lipinski definition) is 3. The molecule has 1 N–H and O–H groups in total. The van der Waals surface area contributed by atoms with Crippen molar-refractivity contribution in [2.24, 2.45) is 11.8 Å². The van der Waals surface area contributed by atoms with Crippen molar-refractivity contribution in [3.05, 3.63) is 0 Å². The normalized spacial score (nSPS) is 40.7. The minimum Gasteiger partial charge on any atom is -0.339 e. The Morgan fingerprint density at radius 1 is 0.952 bits per heavy atom. The lowest BCUT2D eigenvalue weighted by molar-refractivity contribution is -0.136. The summed E-state index contributed by atoms with van der Waals surface area (Å²) in [6.45, 7) is 5.12. The lowest BCUT2D eigenvalue weighted by Crippen LogP contribution is -2.57. The Bertz CT molecular complexity index is 385. The average molecular weight is 291 g/mol. The van der Waals surface area contributed by atoms with Crippen LogP contribution >= 0.6 is 0 Å². The van der Waals surface area contributed by atoms with Gasteiger partial charge in [0.15, 0.2) is 0 Å². The highest BCUT2D eigenvalue weighted by atomic mass is 16.2. The van der Waals surface area contributed by atoms with Gasteiger partial charge in [-0.2, -0.15) is 0 Å². The molecule has 0 radical (unpaired) electrons. The molecule has 0 spiro atoms. The summed E-state index contributed by atoms with van der Waals surface area (Å²) >= 11 is 0. The van der Waals surface area contributed by atoms with Crippen LogP contribution in [0.2, 0.25) is 0 Å². The van der Waals surface area contributed by atoms with Crippen LogP contribution < -0.4 is 5.32 Å². The number of hydrogen-bond donors (Lipinski definition) is 1. The Labute approximate surface area is 128 Å². The van der Waals surface area contributed by atoms with E-state index in [1.165, 1.54) is 38.5 Å². The molecule has 4 fully saturated rings. The zero-order chi connectivity index (χ0) is 14.2. The molecule has 2 aliphatic carbocycles. The van der Waals surface area contributed by atoms with E-state index in [2.05, 4.69) is 15.1 Å². The molecule has 4 heteroatoms. The van der Waals surface area contributed by atoms with Crippen molar-refractivity contribution in [2.75, 3.05) is 32.7 Å². The Kier molecular flexibility index (Phi) is 3.92. The quantitative estimate of drug-likeness (QED) is 0.837. The summed E-state index contributed by atoms with van der Waals surface area (Å²) in [6, 6.07) is 0.946. The molecule has 4 aliphatic rings. The zero-order valence-corrected chi connectivity index (χ0v) is 13.1. The second-order valence-electron chi connectivity index (χ2n) is 7.61. The molecular weight excluding hydrogens is 262 g/mol. The fourth-order valence-corrected chi connectivity index (χ4v) is 5.22. The SMILES string of the molecule is O=C([C@H]1CCCCN1)N1CCN(C2CC3CCC2C3)CC1. The lowest BCUT2D eigenvalue weighted by Gasteiger charge is -2.42. The van der Waals surface area contributed by atoms with Crippen LogP contribution in [0.25, 0.3) is 0 Å². The third-order valence-electron chi connectivity index (χ3n) is 6.40. The van der Waals surface area contributed by atoms with Crippen LogP contribution in [-0.4, -0.2) is 60.5 Å². The maximum absolute atomic E-state index is 12.6.